The fourth-order valence-corrected chi connectivity index (χ4v) is 3.39. The number of hydrogen-bond donors (Lipinski definition) is 1. The van der Waals surface area contributed by atoms with E-state index in [4.69, 9.17) is 0 Å². The number of likely N-dealkylation sites (N-methyl/N-ethyl adjacent to an activating group) is 1. The highest BCUT2D eigenvalue weighted by molar-refractivity contribution is 7.12. The second-order valence-corrected chi connectivity index (χ2v) is 6.57. The first-order valence-corrected chi connectivity index (χ1v) is 8.66. The van der Waals surface area contributed by atoms with Gasteiger partial charge in [0.25, 0.3) is 11.8 Å². The fraction of sp³-hybridized carbons (Fsp3) is 0.375. The lowest BCUT2D eigenvalue weighted by molar-refractivity contribution is 0.0768. The molecule has 2 aromatic heterocycles. The third kappa shape index (κ3) is 3.77. The van der Waals surface area contributed by atoms with Crippen LogP contribution in [0.3, 0.4) is 0 Å². The minimum Gasteiger partial charge on any atom is -0.337 e. The Morgan fingerprint density at radius 2 is 2.08 bits per heavy atom. The van der Waals surface area contributed by atoms with Crippen molar-refractivity contribution in [2.75, 3.05) is 38.5 Å². The molecule has 0 atom stereocenters. The third-order valence-corrected chi connectivity index (χ3v) is 4.81. The number of anilines is 1. The number of carbonyl (C=O) groups is 2. The van der Waals surface area contributed by atoms with E-state index in [2.05, 4.69) is 27.2 Å². The van der Waals surface area contributed by atoms with Gasteiger partial charge in [-0.05, 0) is 31.5 Å². The molecule has 0 bridgehead atoms. The number of carbonyl (C=O) groups excluding carboxylic acids is 2. The quantitative estimate of drug-likeness (QED) is 0.913. The topological polar surface area (TPSA) is 78.4 Å². The number of nitrogens with zero attached hydrogens (tertiary/aromatic N) is 4. The van der Waals surface area contributed by atoms with Gasteiger partial charge in [0.2, 0.25) is 0 Å². The highest BCUT2D eigenvalue weighted by Gasteiger charge is 2.23. The molecule has 24 heavy (non-hydrogen) atoms. The van der Waals surface area contributed by atoms with Gasteiger partial charge in [0, 0.05) is 32.0 Å². The van der Waals surface area contributed by atoms with Crippen molar-refractivity contribution >= 4 is 28.8 Å². The van der Waals surface area contributed by atoms with E-state index in [1.54, 1.807) is 6.07 Å². The van der Waals surface area contributed by atoms with E-state index in [1.807, 2.05) is 10.3 Å². The van der Waals surface area contributed by atoms with Crippen LogP contribution in [0, 0.1) is 0 Å². The van der Waals surface area contributed by atoms with E-state index in [9.17, 15) is 9.59 Å². The molecule has 3 heterocycles. The summed E-state index contributed by atoms with van der Waals surface area (Å²) in [5.74, 6) is -0.402. The molecule has 2 amide bonds. The lowest BCUT2D eigenvalue weighted by atomic mass is 10.3. The van der Waals surface area contributed by atoms with Gasteiger partial charge in [-0.15, -0.1) is 11.3 Å². The van der Waals surface area contributed by atoms with Crippen molar-refractivity contribution in [2.24, 2.45) is 0 Å². The molecule has 1 aliphatic rings. The van der Waals surface area contributed by atoms with E-state index < -0.39 is 0 Å². The molecule has 0 aromatic carbocycles. The van der Waals surface area contributed by atoms with E-state index in [0.717, 1.165) is 26.1 Å². The molecule has 0 spiro atoms. The Hall–Kier alpha value is -2.32. The summed E-state index contributed by atoms with van der Waals surface area (Å²) in [6.07, 6.45) is 5.32. The average Bonchev–Trinajstić information content (AvgIpc) is 2.95. The van der Waals surface area contributed by atoms with Crippen LogP contribution in [0.15, 0.2) is 30.0 Å². The summed E-state index contributed by atoms with van der Waals surface area (Å²) in [4.78, 5) is 37.5. The Kier molecular flexibility index (Phi) is 5.17. The van der Waals surface area contributed by atoms with Crippen molar-refractivity contribution in [2.45, 2.75) is 6.42 Å². The molecule has 1 fully saturated rings. The van der Waals surface area contributed by atoms with Gasteiger partial charge in [-0.2, -0.15) is 0 Å². The number of aromatic nitrogens is 2. The van der Waals surface area contributed by atoms with Crippen LogP contribution in [0.25, 0.3) is 0 Å². The van der Waals surface area contributed by atoms with Gasteiger partial charge in [-0.25, -0.2) is 4.98 Å². The Morgan fingerprint density at radius 1 is 1.21 bits per heavy atom. The molecule has 0 aliphatic carbocycles. The predicted octanol–water partition coefficient (Wildman–Crippen LogP) is 1.57. The van der Waals surface area contributed by atoms with Crippen LogP contribution in [0.1, 0.15) is 26.6 Å². The van der Waals surface area contributed by atoms with Crippen LogP contribution in [0.4, 0.5) is 5.69 Å². The summed E-state index contributed by atoms with van der Waals surface area (Å²) < 4.78 is 0. The van der Waals surface area contributed by atoms with Crippen molar-refractivity contribution < 1.29 is 9.59 Å². The van der Waals surface area contributed by atoms with Gasteiger partial charge in [0.05, 0.1) is 11.9 Å². The van der Waals surface area contributed by atoms with Crippen LogP contribution < -0.4 is 5.32 Å². The first-order valence-electron chi connectivity index (χ1n) is 7.78. The van der Waals surface area contributed by atoms with Crippen molar-refractivity contribution in [1.82, 2.24) is 19.8 Å². The van der Waals surface area contributed by atoms with Gasteiger partial charge in [0.1, 0.15) is 10.6 Å². The molecular formula is C16H19N5O2S. The van der Waals surface area contributed by atoms with Crippen LogP contribution in [0.2, 0.25) is 0 Å². The van der Waals surface area contributed by atoms with E-state index in [1.165, 1.54) is 29.9 Å². The van der Waals surface area contributed by atoms with Crippen molar-refractivity contribution in [3.8, 4) is 0 Å². The highest BCUT2D eigenvalue weighted by atomic mass is 32.1. The minimum absolute atomic E-state index is 0.0326. The molecule has 1 saturated heterocycles. The smallest absolute Gasteiger partial charge is 0.275 e. The standard InChI is InChI=1S/C16H19N5O2S/c1-20-6-2-7-21(9-8-20)16(23)14-12(3-10-24-14)19-15(22)13-11-17-4-5-18-13/h3-5,10-11H,2,6-9H2,1H3,(H,19,22). The van der Waals surface area contributed by atoms with Crippen molar-refractivity contribution in [1.29, 1.82) is 0 Å². The van der Waals surface area contributed by atoms with Gasteiger partial charge in [-0.1, -0.05) is 0 Å². The maximum absolute atomic E-state index is 12.8. The maximum atomic E-state index is 12.8. The van der Waals surface area contributed by atoms with Crippen LogP contribution in [-0.2, 0) is 0 Å². The summed E-state index contributed by atoms with van der Waals surface area (Å²) >= 11 is 1.34. The van der Waals surface area contributed by atoms with Gasteiger partial charge in [-0.3, -0.25) is 14.6 Å². The number of amides is 2. The fourth-order valence-electron chi connectivity index (χ4n) is 2.57. The molecule has 3 rings (SSSR count). The Morgan fingerprint density at radius 3 is 2.88 bits per heavy atom. The molecule has 1 aliphatic heterocycles. The lowest BCUT2D eigenvalue weighted by Crippen LogP contribution is -2.34. The van der Waals surface area contributed by atoms with Crippen LogP contribution in [0.5, 0.6) is 0 Å². The van der Waals surface area contributed by atoms with Crippen molar-refractivity contribution in [3.63, 3.8) is 0 Å². The molecule has 8 heteroatoms. The SMILES string of the molecule is CN1CCCN(C(=O)c2sccc2NC(=O)c2cnccn2)CC1. The highest BCUT2D eigenvalue weighted by Crippen LogP contribution is 2.25. The summed E-state index contributed by atoms with van der Waals surface area (Å²) in [5.41, 5.74) is 0.747. The third-order valence-electron chi connectivity index (χ3n) is 3.91. The molecule has 1 N–H and O–H groups in total. The maximum Gasteiger partial charge on any atom is 0.275 e. The number of thiophene rings is 1. The van der Waals surface area contributed by atoms with Crippen molar-refractivity contribution in [3.05, 3.63) is 40.6 Å². The second-order valence-electron chi connectivity index (χ2n) is 5.66. The summed E-state index contributed by atoms with van der Waals surface area (Å²) in [6.45, 7) is 3.28. The zero-order valence-electron chi connectivity index (χ0n) is 13.4. The molecule has 7 nitrogen and oxygen atoms in total. The zero-order chi connectivity index (χ0) is 16.9. The van der Waals surface area contributed by atoms with Gasteiger partial charge < -0.3 is 15.1 Å². The van der Waals surface area contributed by atoms with E-state index in [0.29, 0.717) is 17.1 Å². The monoisotopic (exact) mass is 345 g/mol. The van der Waals surface area contributed by atoms with E-state index >= 15 is 0 Å². The largest absolute Gasteiger partial charge is 0.337 e. The number of nitrogens with one attached hydrogen (secondary N) is 1. The van der Waals surface area contributed by atoms with Gasteiger partial charge in [0.15, 0.2) is 0 Å². The molecule has 126 valence electrons. The lowest BCUT2D eigenvalue weighted by Gasteiger charge is -2.20. The summed E-state index contributed by atoms with van der Waals surface area (Å²) in [5, 5.41) is 4.57. The molecule has 0 unspecified atom stereocenters. The number of rotatable bonds is 3. The normalized spacial score (nSPS) is 15.8. The summed E-state index contributed by atoms with van der Waals surface area (Å²) in [7, 11) is 2.06. The zero-order valence-corrected chi connectivity index (χ0v) is 14.3. The second kappa shape index (κ2) is 7.50. The van der Waals surface area contributed by atoms with Crippen LogP contribution in [-0.4, -0.2) is 64.8 Å². The van der Waals surface area contributed by atoms with Crippen LogP contribution >= 0.6 is 11.3 Å². The van der Waals surface area contributed by atoms with Gasteiger partial charge >= 0.3 is 0 Å². The van der Waals surface area contributed by atoms with E-state index in [-0.39, 0.29) is 17.5 Å². The average molecular weight is 345 g/mol. The summed E-state index contributed by atoms with van der Waals surface area (Å²) in [6, 6.07) is 1.75. The molecule has 2 aromatic rings. The predicted molar refractivity (Wildman–Crippen MR) is 92.3 cm³/mol. The molecule has 0 saturated carbocycles. The Balaban J connectivity index is 1.73. The Bertz CT molecular complexity index is 718. The first kappa shape index (κ1) is 16.5. The Labute approximate surface area is 144 Å². The first-order chi connectivity index (χ1) is 11.6. The molecular weight excluding hydrogens is 326 g/mol. The minimum atomic E-state index is -0.369. The number of hydrogen-bond acceptors (Lipinski definition) is 6. The molecule has 0 radical (unpaired) electrons.